The summed E-state index contributed by atoms with van der Waals surface area (Å²) in [4.78, 5) is 12.1. The SMILES string of the molecule is CC(NC(=O)CCc1ccc(C#N)cc1)c1ccc2c(c1)OCO2. The summed E-state index contributed by atoms with van der Waals surface area (Å²) in [5.74, 6) is 1.44. The molecule has 1 N–H and O–H groups in total. The number of carbonyl (C=O) groups is 1. The van der Waals surface area contributed by atoms with Crippen molar-refractivity contribution in [2.75, 3.05) is 6.79 Å². The molecule has 0 fully saturated rings. The minimum absolute atomic E-state index is 0.00970. The van der Waals surface area contributed by atoms with Crippen LogP contribution in [-0.2, 0) is 11.2 Å². The number of aryl methyl sites for hydroxylation is 1. The number of nitriles is 1. The number of fused-ring (bicyclic) bond motifs is 1. The summed E-state index contributed by atoms with van der Waals surface area (Å²) in [7, 11) is 0. The van der Waals surface area contributed by atoms with Crippen LogP contribution in [0.5, 0.6) is 11.5 Å². The van der Waals surface area contributed by atoms with Crippen molar-refractivity contribution in [1.29, 1.82) is 5.26 Å². The lowest BCUT2D eigenvalue weighted by atomic mass is 10.1. The number of amides is 1. The van der Waals surface area contributed by atoms with Crippen LogP contribution in [0.4, 0.5) is 0 Å². The number of nitrogens with zero attached hydrogens (tertiary/aromatic N) is 1. The highest BCUT2D eigenvalue weighted by Gasteiger charge is 2.16. The van der Waals surface area contributed by atoms with Gasteiger partial charge in [-0.2, -0.15) is 5.26 Å². The standard InChI is InChI=1S/C19H18N2O3/c1-13(16-7-8-17-18(10-16)24-12-23-17)21-19(22)9-6-14-2-4-15(11-20)5-3-14/h2-5,7-8,10,13H,6,9,12H2,1H3,(H,21,22). The van der Waals surface area contributed by atoms with Crippen LogP contribution in [0.3, 0.4) is 0 Å². The van der Waals surface area contributed by atoms with E-state index in [0.717, 1.165) is 16.9 Å². The molecule has 1 aliphatic rings. The van der Waals surface area contributed by atoms with Gasteiger partial charge in [0.25, 0.3) is 0 Å². The molecule has 122 valence electrons. The van der Waals surface area contributed by atoms with E-state index in [9.17, 15) is 4.79 Å². The zero-order chi connectivity index (χ0) is 16.9. The second-order valence-electron chi connectivity index (χ2n) is 5.71. The van der Waals surface area contributed by atoms with E-state index in [-0.39, 0.29) is 18.7 Å². The van der Waals surface area contributed by atoms with Crippen LogP contribution in [0.2, 0.25) is 0 Å². The first-order valence-corrected chi connectivity index (χ1v) is 7.83. The molecule has 0 spiro atoms. The largest absolute Gasteiger partial charge is 0.454 e. The highest BCUT2D eigenvalue weighted by atomic mass is 16.7. The Labute approximate surface area is 140 Å². The van der Waals surface area contributed by atoms with Crippen molar-refractivity contribution in [3.05, 3.63) is 59.2 Å². The minimum atomic E-state index is -0.104. The normalized spacial score (nSPS) is 13.2. The minimum Gasteiger partial charge on any atom is -0.454 e. The molecule has 24 heavy (non-hydrogen) atoms. The topological polar surface area (TPSA) is 71.4 Å². The molecule has 1 amide bonds. The summed E-state index contributed by atoms with van der Waals surface area (Å²) >= 11 is 0. The smallest absolute Gasteiger partial charge is 0.231 e. The highest BCUT2D eigenvalue weighted by molar-refractivity contribution is 5.76. The number of hydrogen-bond acceptors (Lipinski definition) is 4. The molecular weight excluding hydrogens is 304 g/mol. The predicted octanol–water partition coefficient (Wildman–Crippen LogP) is 3.10. The molecule has 0 saturated carbocycles. The molecule has 0 saturated heterocycles. The number of hydrogen-bond donors (Lipinski definition) is 1. The van der Waals surface area contributed by atoms with Crippen LogP contribution < -0.4 is 14.8 Å². The van der Waals surface area contributed by atoms with Crippen LogP contribution in [0.1, 0.15) is 36.1 Å². The van der Waals surface area contributed by atoms with Gasteiger partial charge in [-0.05, 0) is 48.7 Å². The number of nitrogens with one attached hydrogen (secondary N) is 1. The monoisotopic (exact) mass is 322 g/mol. The molecule has 5 heteroatoms. The third-order valence-electron chi connectivity index (χ3n) is 4.00. The fourth-order valence-corrected chi connectivity index (χ4v) is 2.58. The summed E-state index contributed by atoms with van der Waals surface area (Å²) < 4.78 is 10.6. The molecule has 5 nitrogen and oxygen atoms in total. The van der Waals surface area contributed by atoms with Crippen molar-refractivity contribution in [3.8, 4) is 17.6 Å². The van der Waals surface area contributed by atoms with Crippen molar-refractivity contribution in [2.45, 2.75) is 25.8 Å². The van der Waals surface area contributed by atoms with Crippen LogP contribution in [0, 0.1) is 11.3 Å². The van der Waals surface area contributed by atoms with E-state index in [2.05, 4.69) is 11.4 Å². The van der Waals surface area contributed by atoms with Gasteiger partial charge in [0, 0.05) is 6.42 Å². The zero-order valence-electron chi connectivity index (χ0n) is 13.4. The Morgan fingerprint density at radius 2 is 1.96 bits per heavy atom. The molecule has 0 aromatic heterocycles. The van der Waals surface area contributed by atoms with Crippen LogP contribution in [0.25, 0.3) is 0 Å². The Morgan fingerprint density at radius 1 is 1.21 bits per heavy atom. The molecule has 0 aliphatic carbocycles. The van der Waals surface area contributed by atoms with E-state index in [1.807, 2.05) is 37.3 Å². The lowest BCUT2D eigenvalue weighted by molar-refractivity contribution is -0.121. The van der Waals surface area contributed by atoms with E-state index in [1.54, 1.807) is 12.1 Å². The van der Waals surface area contributed by atoms with Gasteiger partial charge in [-0.3, -0.25) is 4.79 Å². The maximum Gasteiger partial charge on any atom is 0.231 e. The maximum atomic E-state index is 12.1. The van der Waals surface area contributed by atoms with Crippen molar-refractivity contribution in [2.24, 2.45) is 0 Å². The van der Waals surface area contributed by atoms with Gasteiger partial charge in [0.05, 0.1) is 17.7 Å². The Kier molecular flexibility index (Phi) is 4.66. The van der Waals surface area contributed by atoms with Gasteiger partial charge in [-0.25, -0.2) is 0 Å². The summed E-state index contributed by atoms with van der Waals surface area (Å²) in [5, 5.41) is 11.8. The highest BCUT2D eigenvalue weighted by Crippen LogP contribution is 2.34. The van der Waals surface area contributed by atoms with Gasteiger partial charge < -0.3 is 14.8 Å². The van der Waals surface area contributed by atoms with Crippen LogP contribution in [-0.4, -0.2) is 12.7 Å². The molecule has 2 aromatic carbocycles. The number of rotatable bonds is 5. The summed E-state index contributed by atoms with van der Waals surface area (Å²) in [6.45, 7) is 2.18. The quantitative estimate of drug-likeness (QED) is 0.918. The van der Waals surface area contributed by atoms with Gasteiger partial charge >= 0.3 is 0 Å². The fraction of sp³-hybridized carbons (Fsp3) is 0.263. The third-order valence-corrected chi connectivity index (χ3v) is 4.00. The average molecular weight is 322 g/mol. The first-order chi connectivity index (χ1) is 11.7. The summed E-state index contributed by atoms with van der Waals surface area (Å²) in [6.07, 6.45) is 1.05. The van der Waals surface area contributed by atoms with E-state index in [0.29, 0.717) is 24.2 Å². The Morgan fingerprint density at radius 3 is 2.71 bits per heavy atom. The van der Waals surface area contributed by atoms with Gasteiger partial charge in [0.1, 0.15) is 0 Å². The first kappa shape index (κ1) is 15.9. The van der Waals surface area contributed by atoms with Crippen molar-refractivity contribution in [1.82, 2.24) is 5.32 Å². The fourth-order valence-electron chi connectivity index (χ4n) is 2.58. The van der Waals surface area contributed by atoms with Crippen molar-refractivity contribution < 1.29 is 14.3 Å². The summed E-state index contributed by atoms with van der Waals surface area (Å²) in [6, 6.07) is 15.0. The Hall–Kier alpha value is -3.00. The lowest BCUT2D eigenvalue weighted by Gasteiger charge is -2.15. The molecular formula is C19H18N2O3. The molecule has 0 radical (unpaired) electrons. The molecule has 1 aliphatic heterocycles. The van der Waals surface area contributed by atoms with Gasteiger partial charge in [0.2, 0.25) is 12.7 Å². The molecule has 2 aromatic rings. The number of benzene rings is 2. The second kappa shape index (κ2) is 7.05. The molecule has 3 rings (SSSR count). The van der Waals surface area contributed by atoms with Crippen LogP contribution in [0.15, 0.2) is 42.5 Å². The lowest BCUT2D eigenvalue weighted by Crippen LogP contribution is -2.26. The maximum absolute atomic E-state index is 12.1. The van der Waals surface area contributed by atoms with E-state index >= 15 is 0 Å². The Bertz CT molecular complexity index is 778. The van der Waals surface area contributed by atoms with Gasteiger partial charge in [-0.1, -0.05) is 18.2 Å². The van der Waals surface area contributed by atoms with Gasteiger partial charge in [-0.15, -0.1) is 0 Å². The number of ether oxygens (including phenoxy) is 2. The van der Waals surface area contributed by atoms with E-state index < -0.39 is 0 Å². The molecule has 1 heterocycles. The average Bonchev–Trinajstić information content (AvgIpc) is 3.08. The molecule has 1 unspecified atom stereocenters. The van der Waals surface area contributed by atoms with Gasteiger partial charge in [0.15, 0.2) is 11.5 Å². The molecule has 1 atom stereocenters. The van der Waals surface area contributed by atoms with Crippen LogP contribution >= 0.6 is 0 Å². The molecule has 0 bridgehead atoms. The number of carbonyl (C=O) groups excluding carboxylic acids is 1. The predicted molar refractivity (Wildman–Crippen MR) is 88.6 cm³/mol. The Balaban J connectivity index is 1.53. The third kappa shape index (κ3) is 3.66. The van der Waals surface area contributed by atoms with E-state index in [4.69, 9.17) is 14.7 Å². The first-order valence-electron chi connectivity index (χ1n) is 7.83. The van der Waals surface area contributed by atoms with Crippen molar-refractivity contribution >= 4 is 5.91 Å². The second-order valence-corrected chi connectivity index (χ2v) is 5.71. The summed E-state index contributed by atoms with van der Waals surface area (Å²) in [5.41, 5.74) is 2.64. The van der Waals surface area contributed by atoms with Crippen molar-refractivity contribution in [3.63, 3.8) is 0 Å². The zero-order valence-corrected chi connectivity index (χ0v) is 13.4. The van der Waals surface area contributed by atoms with E-state index in [1.165, 1.54) is 0 Å².